The maximum Gasteiger partial charge on any atom is 0.243 e. The molecule has 1 aromatic carbocycles. The molecule has 0 atom stereocenters. The first kappa shape index (κ1) is 16.8. The van der Waals surface area contributed by atoms with Crippen molar-refractivity contribution in [3.8, 4) is 11.4 Å². The Hall–Kier alpha value is -2.67. The Labute approximate surface area is 156 Å². The second kappa shape index (κ2) is 6.57. The third kappa shape index (κ3) is 2.99. The summed E-state index contributed by atoms with van der Waals surface area (Å²) in [6.07, 6.45) is 5.19. The summed E-state index contributed by atoms with van der Waals surface area (Å²) in [6, 6.07) is 13.5. The molecule has 0 saturated heterocycles. The minimum absolute atomic E-state index is 0.111. The van der Waals surface area contributed by atoms with Crippen molar-refractivity contribution in [1.82, 2.24) is 19.7 Å². The standard InChI is InChI=1S/C19H19N5OS/c1-23(15-8-4-3-5-9-15)17(25)19(10-11-19)26-18-22-21-16(24(18)2)14-7-6-12-20-13-14/h3-9,12-13H,10-11H2,1-2H3. The van der Waals surface area contributed by atoms with Gasteiger partial charge in [0.1, 0.15) is 4.75 Å². The predicted molar refractivity (Wildman–Crippen MR) is 102 cm³/mol. The van der Waals surface area contributed by atoms with E-state index < -0.39 is 4.75 Å². The van der Waals surface area contributed by atoms with Crippen molar-refractivity contribution in [1.29, 1.82) is 0 Å². The molecule has 6 nitrogen and oxygen atoms in total. The Morgan fingerprint density at radius 3 is 2.58 bits per heavy atom. The highest BCUT2D eigenvalue weighted by molar-refractivity contribution is 8.01. The van der Waals surface area contributed by atoms with E-state index >= 15 is 0 Å². The number of para-hydroxylation sites is 1. The molecule has 0 radical (unpaired) electrons. The van der Waals surface area contributed by atoms with E-state index in [0.29, 0.717) is 0 Å². The third-order valence-electron chi connectivity index (χ3n) is 4.58. The SMILES string of the molecule is CN(C(=O)C1(Sc2nnc(-c3cccnc3)n2C)CC1)c1ccccc1. The van der Waals surface area contributed by atoms with Crippen LogP contribution in [-0.2, 0) is 11.8 Å². The highest BCUT2D eigenvalue weighted by Crippen LogP contribution is 2.52. The van der Waals surface area contributed by atoms with E-state index in [-0.39, 0.29) is 5.91 Å². The van der Waals surface area contributed by atoms with Crippen LogP contribution in [0.15, 0.2) is 60.0 Å². The molecule has 0 bridgehead atoms. The summed E-state index contributed by atoms with van der Waals surface area (Å²) in [6.45, 7) is 0. The molecule has 2 heterocycles. The molecule has 0 N–H and O–H groups in total. The Balaban J connectivity index is 1.56. The van der Waals surface area contributed by atoms with Crippen molar-refractivity contribution in [2.75, 3.05) is 11.9 Å². The van der Waals surface area contributed by atoms with Gasteiger partial charge in [-0.3, -0.25) is 9.78 Å². The number of aromatic nitrogens is 4. The van der Waals surface area contributed by atoms with Gasteiger partial charge in [-0.25, -0.2) is 0 Å². The summed E-state index contributed by atoms with van der Waals surface area (Å²) in [7, 11) is 3.75. The van der Waals surface area contributed by atoms with Gasteiger partial charge >= 0.3 is 0 Å². The molecule has 4 rings (SSSR count). The fourth-order valence-corrected chi connectivity index (χ4v) is 4.06. The molecule has 1 amide bonds. The van der Waals surface area contributed by atoms with Crippen LogP contribution in [0.1, 0.15) is 12.8 Å². The van der Waals surface area contributed by atoms with E-state index in [4.69, 9.17) is 0 Å². The monoisotopic (exact) mass is 365 g/mol. The first-order valence-electron chi connectivity index (χ1n) is 8.43. The molecule has 1 saturated carbocycles. The molecule has 2 aromatic heterocycles. The number of anilines is 1. The normalized spacial score (nSPS) is 14.8. The molecule has 1 fully saturated rings. The zero-order chi connectivity index (χ0) is 18.1. The highest BCUT2D eigenvalue weighted by Gasteiger charge is 2.53. The number of rotatable bonds is 5. The van der Waals surface area contributed by atoms with Crippen LogP contribution in [0.4, 0.5) is 5.69 Å². The van der Waals surface area contributed by atoms with Crippen LogP contribution in [0.3, 0.4) is 0 Å². The van der Waals surface area contributed by atoms with Crippen molar-refractivity contribution >= 4 is 23.4 Å². The number of carbonyl (C=O) groups excluding carboxylic acids is 1. The number of hydrogen-bond acceptors (Lipinski definition) is 5. The van der Waals surface area contributed by atoms with Crippen LogP contribution >= 0.6 is 11.8 Å². The molecular weight excluding hydrogens is 346 g/mol. The molecule has 1 aliphatic rings. The van der Waals surface area contributed by atoms with Crippen LogP contribution in [0.25, 0.3) is 11.4 Å². The molecular formula is C19H19N5OS. The number of benzene rings is 1. The lowest BCUT2D eigenvalue weighted by Crippen LogP contribution is -2.36. The zero-order valence-electron chi connectivity index (χ0n) is 14.7. The third-order valence-corrected chi connectivity index (χ3v) is 6.09. The molecule has 0 spiro atoms. The van der Waals surface area contributed by atoms with E-state index in [2.05, 4.69) is 15.2 Å². The van der Waals surface area contributed by atoms with Crippen LogP contribution in [0.2, 0.25) is 0 Å². The van der Waals surface area contributed by atoms with Crippen LogP contribution < -0.4 is 4.90 Å². The lowest BCUT2D eigenvalue weighted by Gasteiger charge is -2.23. The molecule has 3 aromatic rings. The van der Waals surface area contributed by atoms with Gasteiger partial charge in [-0.15, -0.1) is 10.2 Å². The topological polar surface area (TPSA) is 63.9 Å². The van der Waals surface area contributed by atoms with Gasteiger partial charge in [-0.05, 0) is 37.1 Å². The summed E-state index contributed by atoms with van der Waals surface area (Å²) < 4.78 is 1.48. The first-order valence-corrected chi connectivity index (χ1v) is 9.24. The van der Waals surface area contributed by atoms with Crippen LogP contribution in [0.5, 0.6) is 0 Å². The largest absolute Gasteiger partial charge is 0.314 e. The van der Waals surface area contributed by atoms with Gasteiger partial charge in [0.2, 0.25) is 5.91 Å². The minimum Gasteiger partial charge on any atom is -0.314 e. The van der Waals surface area contributed by atoms with Crippen molar-refractivity contribution in [3.05, 3.63) is 54.9 Å². The molecule has 26 heavy (non-hydrogen) atoms. The summed E-state index contributed by atoms with van der Waals surface area (Å²) in [5.74, 6) is 0.861. The molecule has 7 heteroatoms. The zero-order valence-corrected chi connectivity index (χ0v) is 15.5. The number of pyridine rings is 1. The van der Waals surface area contributed by atoms with Gasteiger partial charge in [0.15, 0.2) is 11.0 Å². The van der Waals surface area contributed by atoms with Crippen molar-refractivity contribution in [2.45, 2.75) is 22.7 Å². The van der Waals surface area contributed by atoms with E-state index in [9.17, 15) is 4.79 Å². The maximum absolute atomic E-state index is 13.1. The second-order valence-corrected chi connectivity index (χ2v) is 7.75. The van der Waals surface area contributed by atoms with E-state index in [1.165, 1.54) is 11.8 Å². The van der Waals surface area contributed by atoms with E-state index in [0.717, 1.165) is 35.1 Å². The van der Waals surface area contributed by atoms with Crippen molar-refractivity contribution in [3.63, 3.8) is 0 Å². The number of carbonyl (C=O) groups is 1. The van der Waals surface area contributed by atoms with Crippen LogP contribution in [-0.4, -0.2) is 37.5 Å². The number of hydrogen-bond donors (Lipinski definition) is 0. The van der Waals surface area contributed by atoms with Gasteiger partial charge < -0.3 is 9.47 Å². The summed E-state index contributed by atoms with van der Waals surface area (Å²) in [4.78, 5) is 18.9. The summed E-state index contributed by atoms with van der Waals surface area (Å²) in [5.41, 5.74) is 1.81. The van der Waals surface area contributed by atoms with Gasteiger partial charge in [0.25, 0.3) is 0 Å². The van der Waals surface area contributed by atoms with Gasteiger partial charge in [-0.1, -0.05) is 30.0 Å². The second-order valence-electron chi connectivity index (χ2n) is 6.40. The maximum atomic E-state index is 13.1. The van der Waals surface area contributed by atoms with E-state index in [1.807, 2.05) is 61.1 Å². The Bertz CT molecular complexity index is 922. The number of thioether (sulfide) groups is 1. The first-order chi connectivity index (χ1) is 12.6. The molecule has 132 valence electrons. The fourth-order valence-electron chi connectivity index (χ4n) is 2.87. The highest BCUT2D eigenvalue weighted by atomic mass is 32.2. The minimum atomic E-state index is -0.447. The van der Waals surface area contributed by atoms with Crippen molar-refractivity contribution in [2.24, 2.45) is 7.05 Å². The molecule has 0 aliphatic heterocycles. The van der Waals surface area contributed by atoms with Crippen molar-refractivity contribution < 1.29 is 4.79 Å². The Morgan fingerprint density at radius 2 is 1.92 bits per heavy atom. The van der Waals surface area contributed by atoms with E-state index in [1.54, 1.807) is 17.3 Å². The lowest BCUT2D eigenvalue weighted by molar-refractivity contribution is -0.118. The van der Waals surface area contributed by atoms with Gasteiger partial charge in [-0.2, -0.15) is 0 Å². The van der Waals surface area contributed by atoms with Gasteiger partial charge in [0, 0.05) is 37.7 Å². The van der Waals surface area contributed by atoms with Crippen LogP contribution in [0, 0.1) is 0 Å². The number of nitrogens with zero attached hydrogens (tertiary/aromatic N) is 5. The number of amides is 1. The summed E-state index contributed by atoms with van der Waals surface area (Å²) in [5, 5.41) is 9.34. The average Bonchev–Trinajstić information content (AvgIpc) is 3.39. The molecule has 0 unspecified atom stereocenters. The smallest absolute Gasteiger partial charge is 0.243 e. The molecule has 1 aliphatic carbocycles. The van der Waals surface area contributed by atoms with Gasteiger partial charge in [0.05, 0.1) is 0 Å². The quantitative estimate of drug-likeness (QED) is 0.695. The fraction of sp³-hybridized carbons (Fsp3) is 0.263. The predicted octanol–water partition coefficient (Wildman–Crippen LogP) is 3.16. The summed E-state index contributed by atoms with van der Waals surface area (Å²) >= 11 is 1.51. The Morgan fingerprint density at radius 1 is 1.15 bits per heavy atom. The average molecular weight is 365 g/mol. The lowest BCUT2D eigenvalue weighted by atomic mass is 10.2. The Kier molecular flexibility index (Phi) is 4.24.